The summed E-state index contributed by atoms with van der Waals surface area (Å²) >= 11 is 0. The van der Waals surface area contributed by atoms with E-state index in [0.717, 1.165) is 10.9 Å². The molecule has 1 N–H and O–H groups in total. The number of non-ortho nitro benzene ring substituents is 1. The van der Waals surface area contributed by atoms with Gasteiger partial charge in [0.15, 0.2) is 5.76 Å². The topological polar surface area (TPSA) is 116 Å². The molecule has 172 valence electrons. The predicted octanol–water partition coefficient (Wildman–Crippen LogP) is 6.19. The lowest BCUT2D eigenvalue weighted by Crippen LogP contribution is -2.11. The first-order valence-corrected chi connectivity index (χ1v) is 10.7. The molecule has 0 aliphatic rings. The minimum atomic E-state index is -0.492. The molecular formula is C27H18N2O6. The second kappa shape index (κ2) is 8.75. The van der Waals surface area contributed by atoms with Gasteiger partial charge < -0.3 is 14.2 Å². The summed E-state index contributed by atoms with van der Waals surface area (Å²) in [5.41, 5.74) is 2.95. The molecule has 8 heteroatoms. The van der Waals surface area contributed by atoms with Crippen LogP contribution >= 0.6 is 0 Å². The summed E-state index contributed by atoms with van der Waals surface area (Å²) in [4.78, 5) is 35.8. The van der Waals surface area contributed by atoms with E-state index in [2.05, 4.69) is 5.32 Å². The summed E-state index contributed by atoms with van der Waals surface area (Å²) in [5, 5.41) is 14.6. The van der Waals surface area contributed by atoms with Crippen molar-refractivity contribution in [1.82, 2.24) is 0 Å². The molecule has 0 aliphatic heterocycles. The molecule has 5 rings (SSSR count). The van der Waals surface area contributed by atoms with E-state index in [0.29, 0.717) is 33.7 Å². The molecule has 8 nitrogen and oxygen atoms in total. The van der Waals surface area contributed by atoms with Crippen molar-refractivity contribution in [1.29, 1.82) is 0 Å². The normalized spacial score (nSPS) is 10.9. The number of nitro groups is 1. The van der Waals surface area contributed by atoms with Gasteiger partial charge in [-0.1, -0.05) is 36.4 Å². The zero-order valence-electron chi connectivity index (χ0n) is 18.5. The maximum atomic E-state index is 12.7. The summed E-state index contributed by atoms with van der Waals surface area (Å²) in [5.74, 6) is -0.0733. The van der Waals surface area contributed by atoms with Crippen LogP contribution in [0.3, 0.4) is 0 Å². The Kier molecular flexibility index (Phi) is 5.46. The largest absolute Gasteiger partial charge is 0.451 e. The van der Waals surface area contributed by atoms with E-state index >= 15 is 0 Å². The number of hydrogen-bond donors (Lipinski definition) is 1. The number of benzene rings is 3. The molecule has 5 aromatic rings. The minimum absolute atomic E-state index is 0.0587. The van der Waals surface area contributed by atoms with Crippen LogP contribution in [0.2, 0.25) is 0 Å². The number of para-hydroxylation sites is 1. The number of hydrogen-bond acceptors (Lipinski definition) is 6. The zero-order valence-corrected chi connectivity index (χ0v) is 18.5. The van der Waals surface area contributed by atoms with Gasteiger partial charge in [0, 0.05) is 28.8 Å². The fourth-order valence-corrected chi connectivity index (χ4v) is 3.87. The molecule has 0 bridgehead atoms. The Morgan fingerprint density at radius 2 is 1.71 bits per heavy atom. The maximum absolute atomic E-state index is 12.7. The van der Waals surface area contributed by atoms with E-state index in [1.54, 1.807) is 54.6 Å². The van der Waals surface area contributed by atoms with Crippen LogP contribution in [0.4, 0.5) is 11.4 Å². The Morgan fingerprint density at radius 1 is 0.886 bits per heavy atom. The second-order valence-electron chi connectivity index (χ2n) is 7.94. The number of furan rings is 1. The summed E-state index contributed by atoms with van der Waals surface area (Å²) in [6.45, 7) is 1.84. The van der Waals surface area contributed by atoms with Crippen molar-refractivity contribution in [2.24, 2.45) is 0 Å². The highest BCUT2D eigenvalue weighted by atomic mass is 16.6. The Balaban J connectivity index is 1.37. The molecule has 0 radical (unpaired) electrons. The van der Waals surface area contributed by atoms with Gasteiger partial charge in [-0.25, -0.2) is 4.79 Å². The molecule has 0 fully saturated rings. The lowest BCUT2D eigenvalue weighted by Gasteiger charge is -2.09. The number of carbonyl (C=O) groups excluding carboxylic acids is 1. The van der Waals surface area contributed by atoms with Crippen molar-refractivity contribution >= 4 is 28.3 Å². The average molecular weight is 466 g/mol. The highest BCUT2D eigenvalue weighted by Gasteiger charge is 2.16. The van der Waals surface area contributed by atoms with Crippen LogP contribution in [0.1, 0.15) is 16.1 Å². The molecule has 0 saturated carbocycles. The van der Waals surface area contributed by atoms with Gasteiger partial charge in [0.25, 0.3) is 11.6 Å². The van der Waals surface area contributed by atoms with E-state index < -0.39 is 16.5 Å². The van der Waals surface area contributed by atoms with Gasteiger partial charge in [0.2, 0.25) is 0 Å². The monoisotopic (exact) mass is 466 g/mol. The number of nitrogens with one attached hydrogen (secondary N) is 1. The van der Waals surface area contributed by atoms with Gasteiger partial charge in [-0.2, -0.15) is 0 Å². The number of anilines is 1. The summed E-state index contributed by atoms with van der Waals surface area (Å²) < 4.78 is 11.1. The fraction of sp³-hybridized carbons (Fsp3) is 0.0370. The summed E-state index contributed by atoms with van der Waals surface area (Å²) in [6.07, 6.45) is 0. The number of amides is 1. The lowest BCUT2D eigenvalue weighted by molar-refractivity contribution is -0.384. The van der Waals surface area contributed by atoms with Gasteiger partial charge in [-0.05, 0) is 54.4 Å². The van der Waals surface area contributed by atoms with E-state index in [1.165, 1.54) is 18.2 Å². The molecular weight excluding hydrogens is 448 g/mol. The highest BCUT2D eigenvalue weighted by Crippen LogP contribution is 2.28. The van der Waals surface area contributed by atoms with Crippen LogP contribution in [-0.4, -0.2) is 10.8 Å². The lowest BCUT2D eigenvalue weighted by atomic mass is 10.0. The van der Waals surface area contributed by atoms with E-state index in [4.69, 9.17) is 8.83 Å². The molecule has 0 spiro atoms. The maximum Gasteiger partial charge on any atom is 0.344 e. The Labute approximate surface area is 198 Å². The van der Waals surface area contributed by atoms with Crippen molar-refractivity contribution in [3.8, 4) is 22.5 Å². The average Bonchev–Trinajstić information content (AvgIpc) is 3.35. The molecule has 0 atom stereocenters. The van der Waals surface area contributed by atoms with Gasteiger partial charge in [0.05, 0.1) is 10.5 Å². The van der Waals surface area contributed by atoms with Crippen molar-refractivity contribution in [2.45, 2.75) is 6.92 Å². The van der Waals surface area contributed by atoms with E-state index in [9.17, 15) is 19.7 Å². The number of fused-ring (bicyclic) bond motifs is 1. The van der Waals surface area contributed by atoms with Crippen LogP contribution in [0.25, 0.3) is 33.4 Å². The Bertz CT molecular complexity index is 1660. The number of carbonyl (C=O) groups is 1. The Hall–Kier alpha value is -4.98. The number of nitrogens with zero attached hydrogens (tertiary/aromatic N) is 1. The van der Waals surface area contributed by atoms with Crippen molar-refractivity contribution < 1.29 is 18.6 Å². The third kappa shape index (κ3) is 4.32. The third-order valence-electron chi connectivity index (χ3n) is 5.59. The number of aryl methyl sites for hydroxylation is 1. The van der Waals surface area contributed by atoms with Crippen LogP contribution in [0.15, 0.2) is 98.6 Å². The van der Waals surface area contributed by atoms with Gasteiger partial charge in [-0.15, -0.1) is 0 Å². The predicted molar refractivity (Wildman–Crippen MR) is 131 cm³/mol. The van der Waals surface area contributed by atoms with Crippen LogP contribution in [-0.2, 0) is 0 Å². The van der Waals surface area contributed by atoms with Crippen molar-refractivity contribution in [3.63, 3.8) is 0 Å². The molecule has 0 unspecified atom stereocenters. The molecule has 3 aromatic carbocycles. The van der Waals surface area contributed by atoms with Crippen molar-refractivity contribution in [2.75, 3.05) is 5.32 Å². The SMILES string of the molecule is Cc1cc(NC(=O)c2ccc(-c3cccc([N+](=O)[O-])c3)o2)ccc1-c1cc2ccccc2oc1=O. The summed E-state index contributed by atoms with van der Waals surface area (Å²) in [7, 11) is 0. The number of rotatable bonds is 5. The quantitative estimate of drug-likeness (QED) is 0.188. The van der Waals surface area contributed by atoms with E-state index in [1.807, 2.05) is 19.1 Å². The first-order valence-electron chi connectivity index (χ1n) is 10.7. The van der Waals surface area contributed by atoms with Gasteiger partial charge >= 0.3 is 5.63 Å². The molecule has 2 aromatic heterocycles. The molecule has 2 heterocycles. The van der Waals surface area contributed by atoms with Crippen LogP contribution in [0.5, 0.6) is 0 Å². The number of nitro benzene ring substituents is 1. The zero-order chi connectivity index (χ0) is 24.5. The Morgan fingerprint density at radius 3 is 2.51 bits per heavy atom. The highest BCUT2D eigenvalue weighted by molar-refractivity contribution is 6.02. The minimum Gasteiger partial charge on any atom is -0.451 e. The van der Waals surface area contributed by atoms with E-state index in [-0.39, 0.29) is 11.4 Å². The second-order valence-corrected chi connectivity index (χ2v) is 7.94. The van der Waals surface area contributed by atoms with Gasteiger partial charge in [0.1, 0.15) is 11.3 Å². The molecule has 0 aliphatic carbocycles. The standard InChI is InChI=1S/C27H18N2O6/c1-16-13-19(9-10-21(16)22-15-18-5-2-3-8-23(18)35-27(22)31)28-26(30)25-12-11-24(34-25)17-6-4-7-20(14-17)29(32)33/h2-15H,1H3,(H,28,30). The van der Waals surface area contributed by atoms with Crippen LogP contribution < -0.4 is 10.9 Å². The first kappa shape index (κ1) is 21.8. The fourth-order valence-electron chi connectivity index (χ4n) is 3.87. The summed E-state index contributed by atoms with van der Waals surface area (Å²) in [6, 6.07) is 23.4. The molecule has 35 heavy (non-hydrogen) atoms. The smallest absolute Gasteiger partial charge is 0.344 e. The molecule has 1 amide bonds. The third-order valence-corrected chi connectivity index (χ3v) is 5.59. The van der Waals surface area contributed by atoms with Crippen LogP contribution in [0, 0.1) is 17.0 Å². The van der Waals surface area contributed by atoms with Gasteiger partial charge in [-0.3, -0.25) is 14.9 Å². The van der Waals surface area contributed by atoms with Crippen molar-refractivity contribution in [3.05, 3.63) is 117 Å². The first-order chi connectivity index (χ1) is 16.9. The molecule has 0 saturated heterocycles.